The molecule has 0 radical (unpaired) electrons. The molecule has 1 saturated carbocycles. The van der Waals surface area contributed by atoms with Crippen LogP contribution in [0.2, 0.25) is 5.02 Å². The van der Waals surface area contributed by atoms with Crippen molar-refractivity contribution in [3.05, 3.63) is 59.1 Å². The van der Waals surface area contributed by atoms with Gasteiger partial charge in [-0.2, -0.15) is 0 Å². The van der Waals surface area contributed by atoms with Crippen LogP contribution in [0.15, 0.2) is 53.4 Å². The number of hydrogen-bond donors (Lipinski definition) is 2. The third-order valence-electron chi connectivity index (χ3n) is 4.72. The van der Waals surface area contributed by atoms with Gasteiger partial charge in [0, 0.05) is 16.3 Å². The molecule has 4 nitrogen and oxygen atoms in total. The Morgan fingerprint density at radius 3 is 2.65 bits per heavy atom. The molecule has 0 saturated heterocycles. The molecule has 4 rings (SSSR count). The van der Waals surface area contributed by atoms with Crippen LogP contribution in [0.1, 0.15) is 30.9 Å². The Bertz CT molecular complexity index is 836. The lowest BCUT2D eigenvalue weighted by Crippen LogP contribution is -2.36. The predicted molar refractivity (Wildman–Crippen MR) is 104 cm³/mol. The Morgan fingerprint density at radius 2 is 1.92 bits per heavy atom. The lowest BCUT2D eigenvalue weighted by Gasteiger charge is -2.25. The number of carbonyl (C=O) groups excluding carboxylic acids is 2. The molecular formula is C20H19ClN2O2S. The maximum absolute atomic E-state index is 12.6. The van der Waals surface area contributed by atoms with E-state index in [0.717, 1.165) is 29.0 Å². The molecule has 2 unspecified atom stereocenters. The number of fused-ring (bicyclic) bond motifs is 1. The highest BCUT2D eigenvalue weighted by atomic mass is 35.5. The molecule has 2 amide bonds. The summed E-state index contributed by atoms with van der Waals surface area (Å²) in [5, 5.41) is 6.29. The van der Waals surface area contributed by atoms with Gasteiger partial charge in [-0.05, 0) is 48.6 Å². The Balaban J connectivity index is 1.43. The number of para-hydroxylation sites is 1. The van der Waals surface area contributed by atoms with E-state index in [0.29, 0.717) is 10.9 Å². The number of amides is 2. The first-order valence-electron chi connectivity index (χ1n) is 8.71. The smallest absolute Gasteiger partial charge is 0.238 e. The van der Waals surface area contributed by atoms with Gasteiger partial charge < -0.3 is 10.6 Å². The molecular weight excluding hydrogens is 368 g/mol. The fraction of sp³-hybridized carbons (Fsp3) is 0.300. The third-order valence-corrected chi connectivity index (χ3v) is 6.24. The molecule has 1 heterocycles. The van der Waals surface area contributed by atoms with Crippen LogP contribution in [0.25, 0.3) is 0 Å². The van der Waals surface area contributed by atoms with Crippen LogP contribution in [0.3, 0.4) is 0 Å². The van der Waals surface area contributed by atoms with Gasteiger partial charge in [-0.3, -0.25) is 9.59 Å². The number of anilines is 1. The van der Waals surface area contributed by atoms with Crippen molar-refractivity contribution >= 4 is 40.9 Å². The Kier molecular flexibility index (Phi) is 4.92. The first-order valence-corrected chi connectivity index (χ1v) is 9.97. The van der Waals surface area contributed by atoms with Crippen LogP contribution >= 0.6 is 23.4 Å². The highest BCUT2D eigenvalue weighted by Crippen LogP contribution is 2.42. The quantitative estimate of drug-likeness (QED) is 0.800. The topological polar surface area (TPSA) is 58.2 Å². The van der Waals surface area contributed by atoms with Gasteiger partial charge in [-0.15, -0.1) is 11.8 Å². The van der Waals surface area contributed by atoms with Gasteiger partial charge in [0.2, 0.25) is 11.8 Å². The standard InChI is InChI=1S/C20H19ClN2O2S/c21-14-9-7-13(8-10-14)19(12-5-6-12)23-18(24)11-17-20(25)22-15-3-1-2-4-16(15)26-17/h1-4,7-10,12,17,19H,5-6,11H2,(H,22,25)(H,23,24). The molecule has 134 valence electrons. The molecule has 1 fully saturated rings. The zero-order valence-electron chi connectivity index (χ0n) is 14.1. The van der Waals surface area contributed by atoms with Gasteiger partial charge >= 0.3 is 0 Å². The third kappa shape index (κ3) is 3.89. The van der Waals surface area contributed by atoms with Crippen molar-refractivity contribution < 1.29 is 9.59 Å². The molecule has 0 bridgehead atoms. The summed E-state index contributed by atoms with van der Waals surface area (Å²) >= 11 is 7.42. The van der Waals surface area contributed by atoms with Gasteiger partial charge in [0.25, 0.3) is 0 Å². The molecule has 1 aliphatic heterocycles. The van der Waals surface area contributed by atoms with E-state index in [4.69, 9.17) is 11.6 Å². The van der Waals surface area contributed by atoms with Gasteiger partial charge in [0.15, 0.2) is 0 Å². The van der Waals surface area contributed by atoms with Crippen LogP contribution in [-0.4, -0.2) is 17.1 Å². The molecule has 2 N–H and O–H groups in total. The second kappa shape index (κ2) is 7.33. The van der Waals surface area contributed by atoms with Crippen molar-refractivity contribution in [3.63, 3.8) is 0 Å². The van der Waals surface area contributed by atoms with Gasteiger partial charge in [-0.1, -0.05) is 35.9 Å². The van der Waals surface area contributed by atoms with Crippen LogP contribution in [0.4, 0.5) is 5.69 Å². The molecule has 2 aromatic carbocycles. The average molecular weight is 387 g/mol. The normalized spacial score (nSPS) is 20.0. The second-order valence-corrected chi connectivity index (χ2v) is 8.41. The minimum atomic E-state index is -0.407. The lowest BCUT2D eigenvalue weighted by atomic mass is 10.0. The average Bonchev–Trinajstić information content (AvgIpc) is 3.46. The first kappa shape index (κ1) is 17.4. The van der Waals surface area contributed by atoms with E-state index in [-0.39, 0.29) is 24.3 Å². The van der Waals surface area contributed by atoms with Gasteiger partial charge in [0.05, 0.1) is 17.0 Å². The number of thioether (sulfide) groups is 1. The number of rotatable bonds is 5. The van der Waals surface area contributed by atoms with Crippen molar-refractivity contribution in [2.75, 3.05) is 5.32 Å². The summed E-state index contributed by atoms with van der Waals surface area (Å²) in [5.41, 5.74) is 1.88. The van der Waals surface area contributed by atoms with E-state index in [9.17, 15) is 9.59 Å². The Hall–Kier alpha value is -1.98. The zero-order valence-corrected chi connectivity index (χ0v) is 15.6. The van der Waals surface area contributed by atoms with Gasteiger partial charge in [-0.25, -0.2) is 0 Å². The molecule has 26 heavy (non-hydrogen) atoms. The molecule has 2 atom stereocenters. The molecule has 0 spiro atoms. The number of benzene rings is 2. The Morgan fingerprint density at radius 1 is 1.19 bits per heavy atom. The van der Waals surface area contributed by atoms with E-state index >= 15 is 0 Å². The van der Waals surface area contributed by atoms with Crippen molar-refractivity contribution in [2.24, 2.45) is 5.92 Å². The van der Waals surface area contributed by atoms with E-state index in [2.05, 4.69) is 10.6 Å². The van der Waals surface area contributed by atoms with Crippen molar-refractivity contribution in [1.82, 2.24) is 5.32 Å². The lowest BCUT2D eigenvalue weighted by molar-refractivity contribution is -0.124. The SMILES string of the molecule is O=C(CC1Sc2ccccc2NC1=O)NC(c1ccc(Cl)cc1)C1CC1. The van der Waals surface area contributed by atoms with E-state index < -0.39 is 5.25 Å². The maximum atomic E-state index is 12.6. The minimum Gasteiger partial charge on any atom is -0.349 e. The summed E-state index contributed by atoms with van der Waals surface area (Å²) in [4.78, 5) is 25.9. The molecule has 2 aromatic rings. The number of carbonyl (C=O) groups is 2. The van der Waals surface area contributed by atoms with Crippen molar-refractivity contribution in [2.45, 2.75) is 35.4 Å². The van der Waals surface area contributed by atoms with E-state index in [1.165, 1.54) is 11.8 Å². The van der Waals surface area contributed by atoms with E-state index in [1.807, 2.05) is 48.5 Å². The second-order valence-electron chi connectivity index (χ2n) is 6.73. The van der Waals surface area contributed by atoms with Crippen LogP contribution < -0.4 is 10.6 Å². The largest absolute Gasteiger partial charge is 0.349 e. The van der Waals surface area contributed by atoms with Crippen LogP contribution in [-0.2, 0) is 9.59 Å². The highest BCUT2D eigenvalue weighted by molar-refractivity contribution is 8.01. The van der Waals surface area contributed by atoms with Crippen molar-refractivity contribution in [3.8, 4) is 0 Å². The van der Waals surface area contributed by atoms with Gasteiger partial charge in [0.1, 0.15) is 0 Å². The molecule has 0 aromatic heterocycles. The first-order chi connectivity index (χ1) is 12.6. The monoisotopic (exact) mass is 386 g/mol. The summed E-state index contributed by atoms with van der Waals surface area (Å²) in [5.74, 6) is 0.260. The number of hydrogen-bond acceptors (Lipinski definition) is 3. The summed E-state index contributed by atoms with van der Waals surface area (Å²) in [6.07, 6.45) is 2.39. The number of nitrogens with one attached hydrogen (secondary N) is 2. The summed E-state index contributed by atoms with van der Waals surface area (Å²) in [7, 11) is 0. The van der Waals surface area contributed by atoms with Crippen molar-refractivity contribution in [1.29, 1.82) is 0 Å². The maximum Gasteiger partial charge on any atom is 0.238 e. The summed E-state index contributed by atoms with van der Waals surface area (Å²) in [6, 6.07) is 15.3. The molecule has 2 aliphatic rings. The van der Waals surface area contributed by atoms with E-state index in [1.54, 1.807) is 0 Å². The molecule has 6 heteroatoms. The minimum absolute atomic E-state index is 0.0105. The fourth-order valence-electron chi connectivity index (χ4n) is 3.20. The summed E-state index contributed by atoms with van der Waals surface area (Å²) < 4.78 is 0. The zero-order chi connectivity index (χ0) is 18.1. The summed E-state index contributed by atoms with van der Waals surface area (Å²) in [6.45, 7) is 0. The number of halogens is 1. The van der Waals surface area contributed by atoms with Crippen LogP contribution in [0.5, 0.6) is 0 Å². The highest BCUT2D eigenvalue weighted by Gasteiger charge is 2.35. The molecule has 1 aliphatic carbocycles. The fourth-order valence-corrected chi connectivity index (χ4v) is 4.44. The predicted octanol–water partition coefficient (Wildman–Crippen LogP) is 4.41. The van der Waals surface area contributed by atoms with Crippen LogP contribution in [0, 0.1) is 5.92 Å². The Labute approximate surface area is 161 Å².